The number of aliphatic hydroxyl groups is 2. The van der Waals surface area contributed by atoms with Gasteiger partial charge in [0.1, 0.15) is 0 Å². The molecule has 0 fully saturated rings. The minimum Gasteiger partial charge on any atom is -0.394 e. The van der Waals surface area contributed by atoms with E-state index >= 15 is 0 Å². The molecule has 0 saturated heterocycles. The summed E-state index contributed by atoms with van der Waals surface area (Å²) in [5.41, 5.74) is 0. The highest BCUT2D eigenvalue weighted by Crippen LogP contribution is 2.16. The van der Waals surface area contributed by atoms with Crippen LogP contribution in [0.3, 0.4) is 0 Å². The molecule has 0 heterocycles. The number of carbonyl (C=O) groups excluding carboxylic acids is 1. The Morgan fingerprint density at radius 3 is 1.08 bits per heavy atom. The van der Waals surface area contributed by atoms with Crippen LogP contribution in [-0.2, 0) is 4.79 Å². The summed E-state index contributed by atoms with van der Waals surface area (Å²) < 4.78 is 0. The van der Waals surface area contributed by atoms with E-state index in [2.05, 4.69) is 104 Å². The fraction of sp³-hybridized carbons (Fsp3) is 0.721. The van der Waals surface area contributed by atoms with Crippen molar-refractivity contribution in [2.45, 2.75) is 276 Å². The summed E-state index contributed by atoms with van der Waals surface area (Å²) in [5.74, 6) is -0.0903. The van der Waals surface area contributed by atoms with Crippen LogP contribution in [0, 0.1) is 0 Å². The van der Waals surface area contributed by atoms with Crippen LogP contribution in [0.15, 0.2) is 97.2 Å². The van der Waals surface area contributed by atoms with E-state index in [4.69, 9.17) is 0 Å². The summed E-state index contributed by atoms with van der Waals surface area (Å²) in [7, 11) is 0. The van der Waals surface area contributed by atoms with Crippen LogP contribution in [-0.4, -0.2) is 34.9 Å². The molecule has 0 aliphatic heterocycles. The lowest BCUT2D eigenvalue weighted by molar-refractivity contribution is -0.123. The van der Waals surface area contributed by atoms with Crippen molar-refractivity contribution in [1.82, 2.24) is 5.32 Å². The minimum atomic E-state index is -0.877. The molecule has 3 N–H and O–H groups in total. The second-order valence-corrected chi connectivity index (χ2v) is 18.6. The van der Waals surface area contributed by atoms with Crippen molar-refractivity contribution in [3.05, 3.63) is 97.2 Å². The first-order valence-electron chi connectivity index (χ1n) is 28.0. The molecule has 1 amide bonds. The molecule has 2 atom stereocenters. The Morgan fingerprint density at radius 1 is 0.385 bits per heavy atom. The predicted molar refractivity (Wildman–Crippen MR) is 290 cm³/mol. The number of allylic oxidation sites excluding steroid dienone is 15. The zero-order valence-electron chi connectivity index (χ0n) is 43.0. The second-order valence-electron chi connectivity index (χ2n) is 18.6. The summed E-state index contributed by atoms with van der Waals surface area (Å²) in [4.78, 5) is 12.5. The largest absolute Gasteiger partial charge is 0.394 e. The number of hydrogen-bond acceptors (Lipinski definition) is 3. The monoisotopic (exact) mass is 902 g/mol. The van der Waals surface area contributed by atoms with Gasteiger partial charge in [-0.1, -0.05) is 272 Å². The molecule has 65 heavy (non-hydrogen) atoms. The number of hydrogen-bond donors (Lipinski definition) is 3. The van der Waals surface area contributed by atoms with Crippen molar-refractivity contribution in [3.63, 3.8) is 0 Å². The fourth-order valence-electron chi connectivity index (χ4n) is 8.08. The van der Waals surface area contributed by atoms with Crippen LogP contribution in [0.2, 0.25) is 0 Å². The molecule has 0 aromatic carbocycles. The van der Waals surface area contributed by atoms with Crippen molar-refractivity contribution in [2.75, 3.05) is 6.61 Å². The van der Waals surface area contributed by atoms with Crippen molar-refractivity contribution in [1.29, 1.82) is 0 Å². The van der Waals surface area contributed by atoms with E-state index in [0.29, 0.717) is 6.42 Å². The highest BCUT2D eigenvalue weighted by Gasteiger charge is 2.17. The van der Waals surface area contributed by atoms with E-state index in [1.165, 1.54) is 161 Å². The van der Waals surface area contributed by atoms with Crippen LogP contribution in [0.25, 0.3) is 0 Å². The predicted octanol–water partition coefficient (Wildman–Crippen LogP) is 18.5. The van der Waals surface area contributed by atoms with Crippen LogP contribution in [0.1, 0.15) is 264 Å². The molecule has 0 bridgehead atoms. The summed E-state index contributed by atoms with van der Waals surface area (Å²) in [6.07, 6.45) is 82.8. The maximum Gasteiger partial charge on any atom is 0.220 e. The van der Waals surface area contributed by atoms with E-state index in [1.807, 2.05) is 6.08 Å². The standard InChI is InChI=1S/C61H107NO3/c1-3-5-7-9-11-13-15-17-19-21-23-25-27-29-30-31-33-34-36-38-40-42-44-46-48-50-52-54-56-60(64)59(58-63)62-61(65)57-55-53-51-49-47-45-43-41-39-37-35-32-28-26-24-22-20-18-16-14-12-10-8-6-4-2/h6,8,12,14,18,20,24,26,32,35,39,41,46,48,54,56,59-60,63-64H,3-5,7,9-11,13,15-17,19,21-23,25,27-31,33-34,36-38,40,42-45,47,49-53,55,57-58H2,1-2H3,(H,62,65)/b8-6-,14-12-,20-18-,26-24-,35-32-,41-39-,48-46+,56-54+. The number of carbonyl (C=O) groups is 1. The first kappa shape index (κ1) is 62.3. The van der Waals surface area contributed by atoms with E-state index in [0.717, 1.165) is 83.5 Å². The van der Waals surface area contributed by atoms with Gasteiger partial charge in [-0.3, -0.25) is 4.79 Å². The Hall–Kier alpha value is -2.69. The number of aliphatic hydroxyl groups excluding tert-OH is 2. The first-order chi connectivity index (χ1) is 32.2. The normalized spacial score (nSPS) is 13.6. The van der Waals surface area contributed by atoms with Gasteiger partial charge < -0.3 is 15.5 Å². The molecule has 2 unspecified atom stereocenters. The Kier molecular flexibility index (Phi) is 53.3. The SMILES string of the molecule is CC/C=C\C/C=C\C/C=C\C/C=C\C/C=C\C/C=C\CCCCCCCCC(=O)NC(CO)C(O)/C=C/CC/C=C/CCCCCCCCCCCCCCCCCCCCCCCC. The zero-order valence-corrected chi connectivity index (χ0v) is 43.0. The highest BCUT2D eigenvalue weighted by atomic mass is 16.3. The summed E-state index contributed by atoms with van der Waals surface area (Å²) >= 11 is 0. The molecule has 374 valence electrons. The van der Waals surface area contributed by atoms with Crippen molar-refractivity contribution >= 4 is 5.91 Å². The van der Waals surface area contributed by atoms with Crippen LogP contribution in [0.4, 0.5) is 0 Å². The average Bonchev–Trinajstić information content (AvgIpc) is 3.31. The lowest BCUT2D eigenvalue weighted by Crippen LogP contribution is -2.45. The third-order valence-corrected chi connectivity index (χ3v) is 12.3. The maximum absolute atomic E-state index is 12.5. The molecule has 0 aromatic heterocycles. The van der Waals surface area contributed by atoms with Gasteiger partial charge in [0.25, 0.3) is 0 Å². The molecular weight excluding hydrogens is 795 g/mol. The molecular formula is C61H107NO3. The zero-order chi connectivity index (χ0) is 47.0. The Bertz CT molecular complexity index is 1210. The lowest BCUT2D eigenvalue weighted by atomic mass is 10.0. The summed E-state index contributed by atoms with van der Waals surface area (Å²) in [6.45, 7) is 4.19. The van der Waals surface area contributed by atoms with Gasteiger partial charge in [0, 0.05) is 6.42 Å². The lowest BCUT2D eigenvalue weighted by Gasteiger charge is -2.19. The van der Waals surface area contributed by atoms with Crippen molar-refractivity contribution < 1.29 is 15.0 Å². The molecule has 0 rings (SSSR count). The van der Waals surface area contributed by atoms with Gasteiger partial charge in [0.2, 0.25) is 5.91 Å². The molecule has 4 heteroatoms. The Morgan fingerprint density at radius 2 is 0.692 bits per heavy atom. The third kappa shape index (κ3) is 52.1. The molecule has 0 aliphatic carbocycles. The fourth-order valence-corrected chi connectivity index (χ4v) is 8.08. The molecule has 0 aromatic rings. The molecule has 4 nitrogen and oxygen atoms in total. The van der Waals surface area contributed by atoms with Gasteiger partial charge in [-0.25, -0.2) is 0 Å². The molecule has 0 radical (unpaired) electrons. The number of nitrogens with one attached hydrogen (secondary N) is 1. The summed E-state index contributed by atoms with van der Waals surface area (Å²) in [6, 6.07) is -0.655. The van der Waals surface area contributed by atoms with Crippen molar-refractivity contribution in [2.24, 2.45) is 0 Å². The van der Waals surface area contributed by atoms with Gasteiger partial charge in [-0.15, -0.1) is 0 Å². The Balaban J connectivity index is 3.61. The number of unbranched alkanes of at least 4 members (excludes halogenated alkanes) is 29. The molecule has 0 spiro atoms. The van der Waals surface area contributed by atoms with Crippen LogP contribution in [0.5, 0.6) is 0 Å². The van der Waals surface area contributed by atoms with E-state index in [1.54, 1.807) is 6.08 Å². The minimum absolute atomic E-state index is 0.0903. The number of rotatable bonds is 50. The topological polar surface area (TPSA) is 69.6 Å². The maximum atomic E-state index is 12.5. The van der Waals surface area contributed by atoms with Gasteiger partial charge in [-0.05, 0) is 83.5 Å². The highest BCUT2D eigenvalue weighted by molar-refractivity contribution is 5.76. The van der Waals surface area contributed by atoms with Gasteiger partial charge >= 0.3 is 0 Å². The second kappa shape index (κ2) is 55.6. The van der Waals surface area contributed by atoms with Crippen LogP contribution >= 0.6 is 0 Å². The van der Waals surface area contributed by atoms with E-state index < -0.39 is 12.1 Å². The first-order valence-corrected chi connectivity index (χ1v) is 28.0. The average molecular weight is 903 g/mol. The molecule has 0 saturated carbocycles. The van der Waals surface area contributed by atoms with Crippen LogP contribution < -0.4 is 5.32 Å². The van der Waals surface area contributed by atoms with E-state index in [9.17, 15) is 15.0 Å². The third-order valence-electron chi connectivity index (χ3n) is 12.3. The van der Waals surface area contributed by atoms with Crippen molar-refractivity contribution in [3.8, 4) is 0 Å². The summed E-state index contributed by atoms with van der Waals surface area (Å²) in [5, 5.41) is 23.1. The number of amides is 1. The van der Waals surface area contributed by atoms with E-state index in [-0.39, 0.29) is 12.5 Å². The quantitative estimate of drug-likeness (QED) is 0.0421. The van der Waals surface area contributed by atoms with Gasteiger partial charge in [-0.2, -0.15) is 0 Å². The Labute approximate surface area is 404 Å². The smallest absolute Gasteiger partial charge is 0.220 e. The van der Waals surface area contributed by atoms with Gasteiger partial charge in [0.05, 0.1) is 18.8 Å². The molecule has 0 aliphatic rings. The van der Waals surface area contributed by atoms with Gasteiger partial charge in [0.15, 0.2) is 0 Å².